The second-order valence-electron chi connectivity index (χ2n) is 7.06. The van der Waals surface area contributed by atoms with Crippen LogP contribution in [0.25, 0.3) is 0 Å². The number of quaternary nitrogens is 1. The van der Waals surface area contributed by atoms with Crippen molar-refractivity contribution in [3.63, 3.8) is 0 Å². The third kappa shape index (κ3) is 5.26. The van der Waals surface area contributed by atoms with Crippen LogP contribution in [0.5, 0.6) is 11.5 Å². The zero-order valence-corrected chi connectivity index (χ0v) is 16.9. The molecular formula is C23H31N2O3+. The Bertz CT molecular complexity index is 756. The Hall–Kier alpha value is -2.53. The molecule has 1 aliphatic heterocycles. The van der Waals surface area contributed by atoms with E-state index < -0.39 is 0 Å². The van der Waals surface area contributed by atoms with Crippen LogP contribution in [0.15, 0.2) is 48.5 Å². The molecule has 0 unspecified atom stereocenters. The van der Waals surface area contributed by atoms with E-state index in [-0.39, 0.29) is 5.91 Å². The summed E-state index contributed by atoms with van der Waals surface area (Å²) in [6, 6.07) is 16.1. The van der Waals surface area contributed by atoms with Crippen LogP contribution < -0.4 is 14.4 Å². The Kier molecular flexibility index (Phi) is 7.31. The molecule has 0 spiro atoms. The molecule has 3 rings (SSSR count). The molecule has 1 amide bonds. The van der Waals surface area contributed by atoms with Gasteiger partial charge in [-0.25, -0.2) is 0 Å². The molecule has 0 aromatic heterocycles. The largest absolute Gasteiger partial charge is 0.490 e. The second kappa shape index (κ2) is 10.1. The quantitative estimate of drug-likeness (QED) is 0.759. The van der Waals surface area contributed by atoms with Crippen LogP contribution in [0.2, 0.25) is 0 Å². The first kappa shape index (κ1) is 20.2. The molecule has 0 radical (unpaired) electrons. The number of ether oxygens (including phenoxy) is 2. The van der Waals surface area contributed by atoms with E-state index in [9.17, 15) is 4.79 Å². The fourth-order valence-electron chi connectivity index (χ4n) is 3.61. The zero-order chi connectivity index (χ0) is 19.8. The molecule has 0 saturated carbocycles. The summed E-state index contributed by atoms with van der Waals surface area (Å²) < 4.78 is 11.3. The van der Waals surface area contributed by atoms with Gasteiger partial charge in [-0.05, 0) is 37.6 Å². The first-order valence-corrected chi connectivity index (χ1v) is 10.3. The van der Waals surface area contributed by atoms with Gasteiger partial charge in [0.25, 0.3) is 5.91 Å². The number of carbonyl (C=O) groups excluding carboxylic acids is 1. The second-order valence-corrected chi connectivity index (χ2v) is 7.06. The van der Waals surface area contributed by atoms with Crippen molar-refractivity contribution in [2.45, 2.75) is 20.3 Å². The maximum atomic E-state index is 12.9. The lowest BCUT2D eigenvalue weighted by atomic mass is 10.1. The molecule has 28 heavy (non-hydrogen) atoms. The van der Waals surface area contributed by atoms with E-state index in [2.05, 4.69) is 30.3 Å². The molecule has 0 atom stereocenters. The lowest BCUT2D eigenvalue weighted by Crippen LogP contribution is -3.15. The molecule has 1 aliphatic rings. The smallest absolute Gasteiger partial charge is 0.254 e. The number of benzene rings is 2. The molecule has 1 fully saturated rings. The standard InChI is InChI=1S/C23H30N2O3/c1-3-27-21-11-10-20(18-22(21)28-4-2)23(26)25-16-14-24(15-17-25)13-12-19-8-6-5-7-9-19/h5-11,18H,3-4,12-17H2,1-2H3/p+1. The van der Waals surface area contributed by atoms with Crippen molar-refractivity contribution < 1.29 is 19.2 Å². The van der Waals surface area contributed by atoms with Gasteiger partial charge in [0.2, 0.25) is 0 Å². The Morgan fingerprint density at radius 3 is 2.32 bits per heavy atom. The maximum Gasteiger partial charge on any atom is 0.254 e. The predicted molar refractivity (Wildman–Crippen MR) is 110 cm³/mol. The molecule has 1 saturated heterocycles. The van der Waals surface area contributed by atoms with Crippen LogP contribution in [-0.4, -0.2) is 56.7 Å². The molecular weight excluding hydrogens is 352 g/mol. The van der Waals surface area contributed by atoms with E-state index in [0.29, 0.717) is 30.3 Å². The summed E-state index contributed by atoms with van der Waals surface area (Å²) in [7, 11) is 0. The summed E-state index contributed by atoms with van der Waals surface area (Å²) in [6.07, 6.45) is 1.08. The van der Waals surface area contributed by atoms with E-state index >= 15 is 0 Å². The van der Waals surface area contributed by atoms with E-state index in [1.807, 2.05) is 36.9 Å². The first-order valence-electron chi connectivity index (χ1n) is 10.3. The Morgan fingerprint density at radius 2 is 1.64 bits per heavy atom. The van der Waals surface area contributed by atoms with Gasteiger partial charge in [0.05, 0.1) is 45.9 Å². The number of hydrogen-bond donors (Lipinski definition) is 1. The number of nitrogens with one attached hydrogen (secondary N) is 1. The van der Waals surface area contributed by atoms with Gasteiger partial charge in [-0.1, -0.05) is 30.3 Å². The summed E-state index contributed by atoms with van der Waals surface area (Å²) in [5.41, 5.74) is 2.05. The Balaban J connectivity index is 1.55. The zero-order valence-electron chi connectivity index (χ0n) is 16.9. The number of nitrogens with zero attached hydrogens (tertiary/aromatic N) is 1. The molecule has 2 aromatic carbocycles. The molecule has 150 valence electrons. The van der Waals surface area contributed by atoms with Gasteiger partial charge in [0.15, 0.2) is 11.5 Å². The van der Waals surface area contributed by atoms with Crippen LogP contribution >= 0.6 is 0 Å². The van der Waals surface area contributed by atoms with Gasteiger partial charge in [-0.2, -0.15) is 0 Å². The highest BCUT2D eigenvalue weighted by Gasteiger charge is 2.25. The van der Waals surface area contributed by atoms with Crippen molar-refractivity contribution in [3.05, 3.63) is 59.7 Å². The van der Waals surface area contributed by atoms with Crippen molar-refractivity contribution in [1.29, 1.82) is 0 Å². The first-order chi connectivity index (χ1) is 13.7. The summed E-state index contributed by atoms with van der Waals surface area (Å²) >= 11 is 0. The van der Waals surface area contributed by atoms with Crippen LogP contribution in [0.4, 0.5) is 0 Å². The van der Waals surface area contributed by atoms with Crippen LogP contribution in [-0.2, 0) is 6.42 Å². The van der Waals surface area contributed by atoms with Gasteiger partial charge in [-0.15, -0.1) is 0 Å². The molecule has 5 heteroatoms. The topological polar surface area (TPSA) is 43.2 Å². The van der Waals surface area contributed by atoms with Crippen LogP contribution in [0, 0.1) is 0 Å². The highest BCUT2D eigenvalue weighted by Crippen LogP contribution is 2.29. The summed E-state index contributed by atoms with van der Waals surface area (Å²) in [6.45, 7) is 9.67. The van der Waals surface area contributed by atoms with Gasteiger partial charge < -0.3 is 19.3 Å². The summed E-state index contributed by atoms with van der Waals surface area (Å²) in [4.78, 5) is 16.5. The lowest BCUT2D eigenvalue weighted by molar-refractivity contribution is -0.903. The number of piperazine rings is 1. The van der Waals surface area contributed by atoms with Crippen LogP contribution in [0.1, 0.15) is 29.8 Å². The average molecular weight is 384 g/mol. The maximum absolute atomic E-state index is 12.9. The third-order valence-electron chi connectivity index (χ3n) is 5.16. The van der Waals surface area contributed by atoms with E-state index in [4.69, 9.17) is 9.47 Å². The predicted octanol–water partition coefficient (Wildman–Crippen LogP) is 2.07. The SMILES string of the molecule is CCOc1ccc(C(=O)N2CC[NH+](CCc3ccccc3)CC2)cc1OCC. The van der Waals surface area contributed by atoms with Crippen molar-refractivity contribution in [2.75, 3.05) is 45.9 Å². The number of rotatable bonds is 8. The summed E-state index contributed by atoms with van der Waals surface area (Å²) in [5.74, 6) is 1.41. The fourth-order valence-corrected chi connectivity index (χ4v) is 3.61. The van der Waals surface area contributed by atoms with Crippen molar-refractivity contribution in [3.8, 4) is 11.5 Å². The Labute approximate surface area is 167 Å². The normalized spacial score (nSPS) is 14.7. The highest BCUT2D eigenvalue weighted by atomic mass is 16.5. The van der Waals surface area contributed by atoms with Gasteiger partial charge in [0, 0.05) is 12.0 Å². The highest BCUT2D eigenvalue weighted by molar-refractivity contribution is 5.95. The molecule has 5 nitrogen and oxygen atoms in total. The minimum Gasteiger partial charge on any atom is -0.490 e. The van der Waals surface area contributed by atoms with Crippen molar-refractivity contribution in [2.24, 2.45) is 0 Å². The number of carbonyl (C=O) groups is 1. The molecule has 1 heterocycles. The number of hydrogen-bond acceptors (Lipinski definition) is 3. The van der Waals surface area contributed by atoms with Crippen LogP contribution in [0.3, 0.4) is 0 Å². The minimum atomic E-state index is 0.0751. The third-order valence-corrected chi connectivity index (χ3v) is 5.16. The van der Waals surface area contributed by atoms with E-state index in [1.54, 1.807) is 4.90 Å². The van der Waals surface area contributed by atoms with Gasteiger partial charge >= 0.3 is 0 Å². The van der Waals surface area contributed by atoms with Gasteiger partial charge in [-0.3, -0.25) is 4.79 Å². The average Bonchev–Trinajstić information content (AvgIpc) is 2.74. The molecule has 0 bridgehead atoms. The molecule has 0 aliphatic carbocycles. The van der Waals surface area contributed by atoms with Crippen molar-refractivity contribution in [1.82, 2.24) is 4.90 Å². The fraction of sp³-hybridized carbons (Fsp3) is 0.435. The molecule has 1 N–H and O–H groups in total. The number of amides is 1. The Morgan fingerprint density at radius 1 is 0.964 bits per heavy atom. The molecule has 2 aromatic rings. The van der Waals surface area contributed by atoms with Crippen molar-refractivity contribution >= 4 is 5.91 Å². The monoisotopic (exact) mass is 383 g/mol. The van der Waals surface area contributed by atoms with Gasteiger partial charge in [0.1, 0.15) is 0 Å². The minimum absolute atomic E-state index is 0.0751. The van der Waals surface area contributed by atoms with E-state index in [1.165, 1.54) is 5.56 Å². The summed E-state index contributed by atoms with van der Waals surface area (Å²) in [5, 5.41) is 0. The van der Waals surface area contributed by atoms with E-state index in [0.717, 1.165) is 39.1 Å². The lowest BCUT2D eigenvalue weighted by Gasteiger charge is -2.32.